The Labute approximate surface area is 126 Å². The quantitative estimate of drug-likeness (QED) is 0.240. The van der Waals surface area contributed by atoms with Gasteiger partial charge in [-0.1, -0.05) is 70.6 Å². The normalized spacial score (nSPS) is 10.5. The minimum atomic E-state index is 0.967. The SMILES string of the molecule is C#CCCCCCCCCCCCCCC[CH]SC. The van der Waals surface area contributed by atoms with Crippen molar-refractivity contribution in [3.05, 3.63) is 5.75 Å². The van der Waals surface area contributed by atoms with Crippen molar-refractivity contribution in [2.24, 2.45) is 0 Å². The summed E-state index contributed by atoms with van der Waals surface area (Å²) in [4.78, 5) is 0. The van der Waals surface area contributed by atoms with Gasteiger partial charge in [0.1, 0.15) is 0 Å². The zero-order valence-corrected chi connectivity index (χ0v) is 13.8. The molecule has 0 aliphatic heterocycles. The Morgan fingerprint density at radius 1 is 0.737 bits per heavy atom. The molecule has 0 amide bonds. The van der Waals surface area contributed by atoms with E-state index >= 15 is 0 Å². The van der Waals surface area contributed by atoms with Crippen LogP contribution in [-0.2, 0) is 0 Å². The summed E-state index contributed by atoms with van der Waals surface area (Å²) in [6.45, 7) is 0. The highest BCUT2D eigenvalue weighted by Gasteiger charge is 1.94. The molecule has 0 N–H and O–H groups in total. The van der Waals surface area contributed by atoms with E-state index in [0.717, 1.165) is 6.42 Å². The number of rotatable bonds is 15. The molecule has 0 aliphatic rings. The minimum absolute atomic E-state index is 0.967. The maximum atomic E-state index is 5.23. The highest BCUT2D eigenvalue weighted by Crippen LogP contribution is 2.14. The van der Waals surface area contributed by atoms with Crippen molar-refractivity contribution in [3.8, 4) is 12.3 Å². The molecule has 111 valence electrons. The molecule has 0 heterocycles. The summed E-state index contributed by atoms with van der Waals surface area (Å²) in [5, 5.41) is 0. The fraction of sp³-hybridized carbons (Fsp3) is 0.833. The van der Waals surface area contributed by atoms with Crippen LogP contribution in [0.25, 0.3) is 0 Å². The molecule has 0 unspecified atom stereocenters. The fourth-order valence-corrected chi connectivity index (χ4v) is 2.74. The van der Waals surface area contributed by atoms with Crippen LogP contribution in [-0.4, -0.2) is 6.26 Å². The first-order chi connectivity index (χ1) is 9.41. The van der Waals surface area contributed by atoms with Crippen molar-refractivity contribution in [2.75, 3.05) is 6.26 Å². The molecule has 0 fully saturated rings. The van der Waals surface area contributed by atoms with Crippen LogP contribution in [0.4, 0.5) is 0 Å². The van der Waals surface area contributed by atoms with Gasteiger partial charge in [0.25, 0.3) is 0 Å². The predicted octanol–water partition coefficient (Wildman–Crippen LogP) is 6.61. The van der Waals surface area contributed by atoms with Crippen LogP contribution >= 0.6 is 11.8 Å². The smallest absolute Gasteiger partial charge is 0.0163 e. The number of unbranched alkanes of at least 4 members (excludes halogenated alkanes) is 13. The Bertz CT molecular complexity index is 192. The van der Waals surface area contributed by atoms with Gasteiger partial charge in [0, 0.05) is 12.2 Å². The van der Waals surface area contributed by atoms with Crippen molar-refractivity contribution in [2.45, 2.75) is 89.9 Å². The largest absolute Gasteiger partial charge is 0.161 e. The monoisotopic (exact) mass is 281 g/mol. The molecule has 19 heavy (non-hydrogen) atoms. The van der Waals surface area contributed by atoms with E-state index < -0.39 is 0 Å². The summed E-state index contributed by atoms with van der Waals surface area (Å²) in [5.41, 5.74) is 0. The van der Waals surface area contributed by atoms with Crippen LogP contribution in [0.5, 0.6) is 0 Å². The van der Waals surface area contributed by atoms with Gasteiger partial charge in [-0.3, -0.25) is 0 Å². The second kappa shape index (κ2) is 17.9. The van der Waals surface area contributed by atoms with Crippen molar-refractivity contribution >= 4 is 11.8 Å². The Balaban J connectivity index is 2.90. The lowest BCUT2D eigenvalue weighted by atomic mass is 10.0. The molecule has 0 saturated carbocycles. The lowest BCUT2D eigenvalue weighted by Crippen LogP contribution is -1.83. The molecular weight excluding hydrogens is 248 g/mol. The summed E-state index contributed by atoms with van der Waals surface area (Å²) in [6.07, 6.45) is 26.4. The first-order valence-electron chi connectivity index (χ1n) is 8.19. The molecule has 0 spiro atoms. The highest BCUT2D eigenvalue weighted by molar-refractivity contribution is 8.00. The van der Waals surface area contributed by atoms with Gasteiger partial charge in [-0.05, 0) is 19.1 Å². The molecule has 0 aromatic heterocycles. The summed E-state index contributed by atoms with van der Waals surface area (Å²) in [7, 11) is 0. The maximum absolute atomic E-state index is 5.23. The van der Waals surface area contributed by atoms with Gasteiger partial charge in [0.2, 0.25) is 0 Å². The molecule has 1 heteroatoms. The first kappa shape index (κ1) is 18.9. The van der Waals surface area contributed by atoms with Gasteiger partial charge in [-0.2, -0.15) is 11.8 Å². The van der Waals surface area contributed by atoms with E-state index in [9.17, 15) is 0 Å². The van der Waals surface area contributed by atoms with Gasteiger partial charge in [-0.15, -0.1) is 12.3 Å². The summed E-state index contributed by atoms with van der Waals surface area (Å²) < 4.78 is 0. The zero-order chi connectivity index (χ0) is 14.0. The molecule has 0 aromatic rings. The van der Waals surface area contributed by atoms with E-state index in [1.807, 2.05) is 11.8 Å². The van der Waals surface area contributed by atoms with E-state index in [-0.39, 0.29) is 0 Å². The lowest BCUT2D eigenvalue weighted by molar-refractivity contribution is 0.542. The number of hydrogen-bond acceptors (Lipinski definition) is 1. The van der Waals surface area contributed by atoms with Crippen molar-refractivity contribution < 1.29 is 0 Å². The summed E-state index contributed by atoms with van der Waals surface area (Å²) in [5.74, 6) is 5.03. The standard InChI is InChI=1S/C18H33S/c1-3-4-5-6-7-8-9-10-11-12-13-14-15-16-17-18-19-2/h1,18H,4-17H2,2H3. The maximum Gasteiger partial charge on any atom is 0.0163 e. The molecule has 0 aliphatic carbocycles. The fourth-order valence-electron chi connectivity index (χ4n) is 2.34. The Morgan fingerprint density at radius 3 is 1.58 bits per heavy atom. The summed E-state index contributed by atoms with van der Waals surface area (Å²) >= 11 is 1.85. The molecule has 0 atom stereocenters. The second-order valence-electron chi connectivity index (χ2n) is 5.39. The third-order valence-electron chi connectivity index (χ3n) is 3.56. The number of terminal acetylenes is 1. The van der Waals surface area contributed by atoms with Crippen LogP contribution in [0.15, 0.2) is 0 Å². The second-order valence-corrected chi connectivity index (χ2v) is 6.19. The Kier molecular flexibility index (Phi) is 17.8. The third-order valence-corrected chi connectivity index (χ3v) is 4.13. The summed E-state index contributed by atoms with van der Waals surface area (Å²) in [6, 6.07) is 0. The third kappa shape index (κ3) is 17.9. The van der Waals surface area contributed by atoms with Crippen LogP contribution in [0, 0.1) is 18.1 Å². The van der Waals surface area contributed by atoms with Crippen molar-refractivity contribution in [3.63, 3.8) is 0 Å². The molecule has 0 rings (SSSR count). The molecule has 0 bridgehead atoms. The van der Waals surface area contributed by atoms with E-state index in [1.54, 1.807) is 0 Å². The van der Waals surface area contributed by atoms with Crippen LogP contribution in [0.3, 0.4) is 0 Å². The van der Waals surface area contributed by atoms with Gasteiger partial charge in [-0.25, -0.2) is 0 Å². The topological polar surface area (TPSA) is 0 Å². The van der Waals surface area contributed by atoms with Gasteiger partial charge in [0.15, 0.2) is 0 Å². The first-order valence-corrected chi connectivity index (χ1v) is 9.48. The van der Waals surface area contributed by atoms with Crippen LogP contribution in [0.2, 0.25) is 0 Å². The lowest BCUT2D eigenvalue weighted by Gasteiger charge is -2.02. The average Bonchev–Trinajstić information content (AvgIpc) is 2.43. The molecular formula is C18H33S. The Morgan fingerprint density at radius 2 is 1.16 bits per heavy atom. The number of thioether (sulfide) groups is 1. The van der Waals surface area contributed by atoms with E-state index in [2.05, 4.69) is 17.9 Å². The molecule has 0 saturated heterocycles. The van der Waals surface area contributed by atoms with Gasteiger partial charge >= 0.3 is 0 Å². The molecule has 1 radical (unpaired) electrons. The van der Waals surface area contributed by atoms with E-state index in [0.29, 0.717) is 0 Å². The highest BCUT2D eigenvalue weighted by atomic mass is 32.2. The molecule has 0 aromatic carbocycles. The average molecular weight is 282 g/mol. The predicted molar refractivity (Wildman–Crippen MR) is 91.3 cm³/mol. The molecule has 0 nitrogen and oxygen atoms in total. The van der Waals surface area contributed by atoms with Crippen molar-refractivity contribution in [1.82, 2.24) is 0 Å². The van der Waals surface area contributed by atoms with Gasteiger partial charge in [0.05, 0.1) is 0 Å². The van der Waals surface area contributed by atoms with Crippen LogP contribution < -0.4 is 0 Å². The van der Waals surface area contributed by atoms with Crippen LogP contribution in [0.1, 0.15) is 89.9 Å². The minimum Gasteiger partial charge on any atom is -0.161 e. The number of hydrogen-bond donors (Lipinski definition) is 0. The van der Waals surface area contributed by atoms with Crippen molar-refractivity contribution in [1.29, 1.82) is 0 Å². The zero-order valence-electron chi connectivity index (χ0n) is 13.0. The van der Waals surface area contributed by atoms with E-state index in [1.165, 1.54) is 83.5 Å². The Hall–Kier alpha value is -0.0900. The van der Waals surface area contributed by atoms with Gasteiger partial charge < -0.3 is 0 Å². The van der Waals surface area contributed by atoms with E-state index in [4.69, 9.17) is 6.42 Å².